The van der Waals surface area contributed by atoms with E-state index < -0.39 is 8.07 Å². The van der Waals surface area contributed by atoms with Crippen molar-refractivity contribution in [2.45, 2.75) is 19.6 Å². The molecule has 0 aliphatic carbocycles. The van der Waals surface area contributed by atoms with E-state index in [1.54, 1.807) is 28.4 Å². The Hall–Kier alpha value is -2.40. The quantitative estimate of drug-likeness (QED) is 0.532. The molecule has 0 saturated heterocycles. The highest BCUT2D eigenvalue weighted by Crippen LogP contribution is 2.36. The molecule has 0 fully saturated rings. The van der Waals surface area contributed by atoms with Gasteiger partial charge in [-0.15, -0.1) is 0 Å². The van der Waals surface area contributed by atoms with E-state index in [-0.39, 0.29) is 0 Å². The molecule has 0 radical (unpaired) electrons. The second-order valence-electron chi connectivity index (χ2n) is 6.97. The molecule has 0 unspecified atom stereocenters. The van der Waals surface area contributed by atoms with E-state index >= 15 is 0 Å². The minimum absolute atomic E-state index is 0.719. The average Bonchev–Trinajstić information content (AvgIpc) is 2.64. The van der Waals surface area contributed by atoms with Crippen molar-refractivity contribution in [1.82, 2.24) is 0 Å². The average molecular weight is 373 g/mol. The summed E-state index contributed by atoms with van der Waals surface area (Å²) in [5.41, 5.74) is 2.01. The van der Waals surface area contributed by atoms with Gasteiger partial charge in [0.25, 0.3) is 0 Å². The molecule has 0 spiro atoms. The molecule has 0 saturated carbocycles. The predicted molar refractivity (Wildman–Crippen MR) is 111 cm³/mol. The third kappa shape index (κ3) is 4.22. The van der Waals surface area contributed by atoms with Gasteiger partial charge in [0.15, 0.2) is 11.5 Å². The van der Waals surface area contributed by atoms with Crippen molar-refractivity contribution in [1.29, 1.82) is 0 Å². The first-order valence-corrected chi connectivity index (χ1v) is 12.0. The van der Waals surface area contributed by atoms with Gasteiger partial charge in [-0.05, 0) is 23.8 Å². The fraction of sp³-hybridized carbons (Fsp3) is 0.333. The molecule has 0 heterocycles. The summed E-state index contributed by atoms with van der Waals surface area (Å²) >= 11 is 0. The van der Waals surface area contributed by atoms with Crippen molar-refractivity contribution < 1.29 is 18.9 Å². The van der Waals surface area contributed by atoms with Crippen LogP contribution in [0.15, 0.2) is 30.3 Å². The molecule has 2 rings (SSSR count). The minimum atomic E-state index is -1.75. The number of ether oxygens (including phenoxy) is 4. The number of hydrogen-bond donors (Lipinski definition) is 0. The third-order valence-corrected chi connectivity index (χ3v) is 6.11. The lowest BCUT2D eigenvalue weighted by atomic mass is 10.1. The van der Waals surface area contributed by atoms with E-state index in [1.807, 2.05) is 42.5 Å². The molecule has 0 aliphatic rings. The standard InChI is InChI=1S/C21H28O4Si/c1-22-17-10-8-9-15(13-17)11-12-16-14-18(23-2)20(25-4)21(19(16)24-3)26(5,6)7/h8-14H,1-7H3/b12-11+. The van der Waals surface area contributed by atoms with Crippen molar-refractivity contribution in [3.8, 4) is 23.0 Å². The minimum Gasteiger partial charge on any atom is -0.497 e. The van der Waals surface area contributed by atoms with Crippen LogP contribution in [0.1, 0.15) is 11.1 Å². The Morgan fingerprint density at radius 2 is 1.46 bits per heavy atom. The molecular weight excluding hydrogens is 344 g/mol. The van der Waals surface area contributed by atoms with E-state index in [0.717, 1.165) is 39.3 Å². The van der Waals surface area contributed by atoms with Crippen molar-refractivity contribution in [2.75, 3.05) is 28.4 Å². The van der Waals surface area contributed by atoms with Gasteiger partial charge in [-0.1, -0.05) is 43.9 Å². The molecule has 0 atom stereocenters. The van der Waals surface area contributed by atoms with E-state index in [2.05, 4.69) is 19.6 Å². The van der Waals surface area contributed by atoms with Gasteiger partial charge in [0.2, 0.25) is 0 Å². The lowest BCUT2D eigenvalue weighted by Gasteiger charge is -2.26. The fourth-order valence-electron chi connectivity index (χ4n) is 2.95. The summed E-state index contributed by atoms with van der Waals surface area (Å²) in [6.07, 6.45) is 4.08. The number of methoxy groups -OCH3 is 4. The molecule has 140 valence electrons. The first-order valence-electron chi connectivity index (χ1n) is 8.51. The van der Waals surface area contributed by atoms with E-state index in [4.69, 9.17) is 18.9 Å². The Bertz CT molecular complexity index is 791. The first kappa shape index (κ1) is 19.9. The molecule has 4 nitrogen and oxygen atoms in total. The highest BCUT2D eigenvalue weighted by Gasteiger charge is 2.30. The zero-order valence-electron chi connectivity index (χ0n) is 16.7. The van der Waals surface area contributed by atoms with Crippen LogP contribution in [0, 0.1) is 0 Å². The summed E-state index contributed by atoms with van der Waals surface area (Å²) in [4.78, 5) is 0. The second kappa shape index (κ2) is 8.32. The van der Waals surface area contributed by atoms with Gasteiger partial charge in [-0.25, -0.2) is 0 Å². The Labute approximate surface area is 157 Å². The van der Waals surface area contributed by atoms with Gasteiger partial charge in [-0.2, -0.15) is 0 Å². The summed E-state index contributed by atoms with van der Waals surface area (Å²) < 4.78 is 22.4. The van der Waals surface area contributed by atoms with Gasteiger partial charge in [0.05, 0.1) is 36.5 Å². The molecule has 2 aromatic carbocycles. The lowest BCUT2D eigenvalue weighted by Crippen LogP contribution is -2.40. The first-order chi connectivity index (χ1) is 12.3. The van der Waals surface area contributed by atoms with Crippen LogP contribution in [0.5, 0.6) is 23.0 Å². The van der Waals surface area contributed by atoms with Crippen LogP contribution < -0.4 is 24.1 Å². The molecule has 0 aromatic heterocycles. The fourth-order valence-corrected chi connectivity index (χ4v) is 4.79. The summed E-state index contributed by atoms with van der Waals surface area (Å²) in [6.45, 7) is 6.80. The van der Waals surface area contributed by atoms with Crippen LogP contribution in [-0.4, -0.2) is 36.5 Å². The maximum atomic E-state index is 5.80. The highest BCUT2D eigenvalue weighted by atomic mass is 28.3. The Morgan fingerprint density at radius 3 is 2.00 bits per heavy atom. The molecule has 5 heteroatoms. The largest absolute Gasteiger partial charge is 0.497 e. The molecule has 26 heavy (non-hydrogen) atoms. The zero-order chi connectivity index (χ0) is 19.3. The van der Waals surface area contributed by atoms with E-state index in [1.165, 1.54) is 0 Å². The number of benzene rings is 2. The van der Waals surface area contributed by atoms with Crippen LogP contribution in [0.25, 0.3) is 12.2 Å². The monoisotopic (exact) mass is 372 g/mol. The SMILES string of the molecule is COc1cccc(/C=C/c2cc(OC)c(OC)c([Si](C)(C)C)c2OC)c1. The molecule has 0 N–H and O–H groups in total. The maximum absolute atomic E-state index is 5.80. The molecule has 2 aromatic rings. The number of rotatable bonds is 7. The topological polar surface area (TPSA) is 36.9 Å². The van der Waals surface area contributed by atoms with Gasteiger partial charge in [-0.3, -0.25) is 0 Å². The number of hydrogen-bond acceptors (Lipinski definition) is 4. The normalized spacial score (nSPS) is 11.5. The predicted octanol–water partition coefficient (Wildman–Crippen LogP) is 4.44. The van der Waals surface area contributed by atoms with Crippen molar-refractivity contribution in [3.05, 3.63) is 41.5 Å². The second-order valence-corrected chi connectivity index (χ2v) is 12.0. The van der Waals surface area contributed by atoms with Crippen molar-refractivity contribution >= 4 is 25.4 Å². The lowest BCUT2D eigenvalue weighted by molar-refractivity contribution is 0.352. The van der Waals surface area contributed by atoms with Crippen LogP contribution in [0.4, 0.5) is 0 Å². The molecule has 0 aliphatic heterocycles. The van der Waals surface area contributed by atoms with Crippen LogP contribution >= 0.6 is 0 Å². The Balaban J connectivity index is 2.62. The van der Waals surface area contributed by atoms with Crippen LogP contribution in [0.3, 0.4) is 0 Å². The van der Waals surface area contributed by atoms with Gasteiger partial charge < -0.3 is 18.9 Å². The third-order valence-electron chi connectivity index (χ3n) is 4.15. The summed E-state index contributed by atoms with van der Waals surface area (Å²) in [6, 6.07) is 9.88. The Kier molecular flexibility index (Phi) is 6.37. The maximum Gasteiger partial charge on any atom is 0.163 e. The van der Waals surface area contributed by atoms with Gasteiger partial charge >= 0.3 is 0 Å². The molecule has 0 amide bonds. The summed E-state index contributed by atoms with van der Waals surface area (Å²) in [7, 11) is 4.95. The van der Waals surface area contributed by atoms with E-state index in [0.29, 0.717) is 0 Å². The summed E-state index contributed by atoms with van der Waals surface area (Å²) in [5.74, 6) is 3.16. The van der Waals surface area contributed by atoms with Crippen molar-refractivity contribution in [3.63, 3.8) is 0 Å². The highest BCUT2D eigenvalue weighted by molar-refractivity contribution is 6.90. The summed E-state index contributed by atoms with van der Waals surface area (Å²) in [5, 5.41) is 1.12. The molecule has 0 bridgehead atoms. The van der Waals surface area contributed by atoms with Crippen LogP contribution in [-0.2, 0) is 0 Å². The zero-order valence-corrected chi connectivity index (χ0v) is 17.7. The van der Waals surface area contributed by atoms with E-state index in [9.17, 15) is 0 Å². The molecular formula is C21H28O4Si. The Morgan fingerprint density at radius 1 is 0.769 bits per heavy atom. The van der Waals surface area contributed by atoms with Gasteiger partial charge in [0, 0.05) is 10.8 Å². The van der Waals surface area contributed by atoms with Crippen molar-refractivity contribution in [2.24, 2.45) is 0 Å². The smallest absolute Gasteiger partial charge is 0.163 e. The van der Waals surface area contributed by atoms with Gasteiger partial charge in [0.1, 0.15) is 11.5 Å². The van der Waals surface area contributed by atoms with Crippen LogP contribution in [0.2, 0.25) is 19.6 Å².